The maximum absolute atomic E-state index is 14.5. The SMILES string of the molecule is CCC(C)[C@@H](C(=O)N[C@@H](Cc1ccccc1)[C@@H](O)C[C@H](Cc1ccc(-c2ccccn2)cc1)NC(=O)[C@@H](N(C)C(=O)O)C(C)(C)C)n1cc(O)n(Cc2cccc(C)n2)c1=O. The predicted octanol–water partition coefficient (Wildman–Crippen LogP) is 5.99. The summed E-state index contributed by atoms with van der Waals surface area (Å²) in [6.07, 6.45) is 1.49. The average Bonchev–Trinajstić information content (AvgIpc) is 3.48. The molecule has 5 aromatic rings. The normalized spacial score (nSPS) is 14.6. The Morgan fingerprint density at radius 3 is 2.15 bits per heavy atom. The average molecular weight is 834 g/mol. The van der Waals surface area contributed by atoms with Crippen molar-refractivity contribution in [1.29, 1.82) is 0 Å². The highest BCUT2D eigenvalue weighted by Gasteiger charge is 2.39. The van der Waals surface area contributed by atoms with Gasteiger partial charge in [-0.2, -0.15) is 0 Å². The largest absolute Gasteiger partial charge is 0.493 e. The Hall–Kier alpha value is -6.28. The third-order valence-corrected chi connectivity index (χ3v) is 11.1. The van der Waals surface area contributed by atoms with Crippen LogP contribution in [0.1, 0.15) is 76.0 Å². The zero-order valence-electron chi connectivity index (χ0n) is 36.0. The Kier molecular flexibility index (Phi) is 15.3. The first-order valence-corrected chi connectivity index (χ1v) is 20.7. The molecule has 3 aromatic heterocycles. The summed E-state index contributed by atoms with van der Waals surface area (Å²) in [5.41, 5.74) is 3.34. The van der Waals surface area contributed by atoms with Crippen LogP contribution in [0.15, 0.2) is 108 Å². The van der Waals surface area contributed by atoms with Crippen LogP contribution in [0.4, 0.5) is 4.79 Å². The van der Waals surface area contributed by atoms with Gasteiger partial charge in [0, 0.05) is 30.5 Å². The quantitative estimate of drug-likeness (QED) is 0.0706. The van der Waals surface area contributed by atoms with Crippen molar-refractivity contribution in [2.45, 2.75) is 104 Å². The summed E-state index contributed by atoms with van der Waals surface area (Å²) in [5.74, 6) is -1.72. The number of aromatic hydroxyl groups is 1. The number of nitrogens with zero attached hydrogens (tertiary/aromatic N) is 5. The minimum absolute atomic E-state index is 0.000838. The molecule has 61 heavy (non-hydrogen) atoms. The Morgan fingerprint density at radius 1 is 0.869 bits per heavy atom. The van der Waals surface area contributed by atoms with Crippen molar-refractivity contribution in [3.8, 4) is 17.1 Å². The summed E-state index contributed by atoms with van der Waals surface area (Å²) in [5, 5.41) is 39.2. The molecule has 0 radical (unpaired) electrons. The van der Waals surface area contributed by atoms with E-state index in [1.54, 1.807) is 33.0 Å². The van der Waals surface area contributed by atoms with Crippen molar-refractivity contribution in [2.24, 2.45) is 11.3 Å². The van der Waals surface area contributed by atoms with Gasteiger partial charge in [0.15, 0.2) is 0 Å². The number of hydrogen-bond donors (Lipinski definition) is 5. The van der Waals surface area contributed by atoms with Crippen LogP contribution in [0, 0.1) is 18.3 Å². The molecule has 0 fully saturated rings. The van der Waals surface area contributed by atoms with Crippen molar-refractivity contribution in [2.75, 3.05) is 7.05 Å². The fourth-order valence-electron chi connectivity index (χ4n) is 7.81. The standard InChI is InChI=1S/C47H59N7O7/c1-8-30(2)41(54-29-40(56)53(45(54)59)28-35-18-14-15-31(3)49-35)43(57)51-38(26-32-16-10-9-11-17-32)39(55)27-36(50-44(58)42(47(4,5)6)52(7)46(60)61)25-33-20-22-34(23-21-33)37-19-12-13-24-48-37/h9-24,29-30,36,38-39,41-42,55-56H,8,25-28H2,1-7H3,(H,50,58)(H,51,57)(H,60,61)/t30?,36-,38-,39-,41-,42+/m0/s1. The molecule has 0 bridgehead atoms. The number of pyridine rings is 2. The number of amides is 3. The number of nitrogens with one attached hydrogen (secondary N) is 2. The Morgan fingerprint density at radius 2 is 1.54 bits per heavy atom. The Balaban J connectivity index is 1.47. The molecule has 14 heteroatoms. The minimum Gasteiger partial charge on any atom is -0.493 e. The molecule has 0 aliphatic heterocycles. The van der Waals surface area contributed by atoms with Crippen LogP contribution in [0.3, 0.4) is 0 Å². The summed E-state index contributed by atoms with van der Waals surface area (Å²) < 4.78 is 2.41. The highest BCUT2D eigenvalue weighted by molar-refractivity contribution is 5.86. The molecule has 5 N–H and O–H groups in total. The van der Waals surface area contributed by atoms with Crippen molar-refractivity contribution < 1.29 is 29.7 Å². The van der Waals surface area contributed by atoms with Crippen LogP contribution in [0.5, 0.6) is 5.88 Å². The summed E-state index contributed by atoms with van der Waals surface area (Å²) in [4.78, 5) is 64.6. The van der Waals surface area contributed by atoms with E-state index in [4.69, 9.17) is 0 Å². The number of aliphatic hydroxyl groups is 1. The van der Waals surface area contributed by atoms with Crippen molar-refractivity contribution in [1.82, 2.24) is 34.6 Å². The second kappa shape index (κ2) is 20.3. The lowest BCUT2D eigenvalue weighted by molar-refractivity contribution is -0.130. The van der Waals surface area contributed by atoms with E-state index < -0.39 is 59.3 Å². The topological polar surface area (TPSA) is 192 Å². The highest BCUT2D eigenvalue weighted by Crippen LogP contribution is 2.27. The number of hydrogen-bond acceptors (Lipinski definition) is 8. The van der Waals surface area contributed by atoms with Crippen molar-refractivity contribution in [3.05, 3.63) is 136 Å². The van der Waals surface area contributed by atoms with E-state index in [0.29, 0.717) is 12.1 Å². The second-order valence-electron chi connectivity index (χ2n) is 17.0. The van der Waals surface area contributed by atoms with E-state index in [2.05, 4.69) is 20.6 Å². The van der Waals surface area contributed by atoms with E-state index in [1.165, 1.54) is 22.4 Å². The van der Waals surface area contributed by atoms with Gasteiger partial charge in [-0.25, -0.2) is 9.59 Å². The lowest BCUT2D eigenvalue weighted by Crippen LogP contribution is -2.57. The number of benzene rings is 2. The molecule has 0 aliphatic carbocycles. The molecule has 0 aliphatic rings. The van der Waals surface area contributed by atoms with Gasteiger partial charge in [0.1, 0.15) is 12.1 Å². The van der Waals surface area contributed by atoms with Crippen LogP contribution in [0.25, 0.3) is 11.3 Å². The van der Waals surface area contributed by atoms with Crippen LogP contribution in [-0.4, -0.2) is 88.5 Å². The van der Waals surface area contributed by atoms with Gasteiger partial charge < -0.3 is 26.0 Å². The van der Waals surface area contributed by atoms with Crippen molar-refractivity contribution in [3.63, 3.8) is 0 Å². The molecule has 14 nitrogen and oxygen atoms in total. The van der Waals surface area contributed by atoms with Gasteiger partial charge in [0.25, 0.3) is 0 Å². The van der Waals surface area contributed by atoms with Gasteiger partial charge in [0.2, 0.25) is 17.7 Å². The molecular formula is C47H59N7O7. The molecule has 6 atom stereocenters. The zero-order valence-corrected chi connectivity index (χ0v) is 36.0. The summed E-state index contributed by atoms with van der Waals surface area (Å²) in [7, 11) is 1.36. The summed E-state index contributed by atoms with van der Waals surface area (Å²) in [6, 6.07) is 24.4. The number of rotatable bonds is 18. The fourth-order valence-corrected chi connectivity index (χ4v) is 7.81. The Labute approximate surface area is 357 Å². The van der Waals surface area contributed by atoms with Gasteiger partial charge in [0.05, 0.1) is 36.3 Å². The number of aromatic nitrogens is 4. The summed E-state index contributed by atoms with van der Waals surface area (Å²) in [6.45, 7) is 10.9. The molecule has 324 valence electrons. The molecule has 0 saturated carbocycles. The molecule has 0 spiro atoms. The van der Waals surface area contributed by atoms with E-state index in [-0.39, 0.29) is 37.6 Å². The van der Waals surface area contributed by atoms with Crippen LogP contribution in [-0.2, 0) is 29.0 Å². The molecule has 2 aromatic carbocycles. The van der Waals surface area contributed by atoms with E-state index in [1.807, 2.05) is 106 Å². The molecular weight excluding hydrogens is 775 g/mol. The maximum atomic E-state index is 14.5. The van der Waals surface area contributed by atoms with Crippen molar-refractivity contribution >= 4 is 17.9 Å². The van der Waals surface area contributed by atoms with E-state index >= 15 is 0 Å². The predicted molar refractivity (Wildman–Crippen MR) is 234 cm³/mol. The molecule has 3 amide bonds. The third kappa shape index (κ3) is 11.9. The smallest absolute Gasteiger partial charge is 0.407 e. The number of aliphatic hydroxyl groups excluding tert-OH is 1. The lowest BCUT2D eigenvalue weighted by atomic mass is 9.84. The van der Waals surface area contributed by atoms with Gasteiger partial charge in [-0.1, -0.05) is 108 Å². The maximum Gasteiger partial charge on any atom is 0.407 e. The van der Waals surface area contributed by atoms with E-state index in [0.717, 1.165) is 33.0 Å². The van der Waals surface area contributed by atoms with Crippen LogP contribution >= 0.6 is 0 Å². The fraction of sp³-hybridized carbons (Fsp3) is 0.404. The second-order valence-corrected chi connectivity index (χ2v) is 17.0. The van der Waals surface area contributed by atoms with Crippen LogP contribution < -0.4 is 16.3 Å². The zero-order chi connectivity index (χ0) is 44.4. The number of aryl methyl sites for hydroxylation is 1. The molecule has 1 unspecified atom stereocenters. The lowest BCUT2D eigenvalue weighted by Gasteiger charge is -2.37. The molecule has 5 rings (SSSR count). The van der Waals surface area contributed by atoms with Crippen LogP contribution in [0.2, 0.25) is 0 Å². The highest BCUT2D eigenvalue weighted by atomic mass is 16.4. The third-order valence-electron chi connectivity index (χ3n) is 11.1. The Bertz CT molecular complexity index is 2290. The van der Waals surface area contributed by atoms with Gasteiger partial charge in [-0.05, 0) is 72.9 Å². The molecule has 3 heterocycles. The van der Waals surface area contributed by atoms with Gasteiger partial charge in [-0.15, -0.1) is 0 Å². The van der Waals surface area contributed by atoms with E-state index in [9.17, 15) is 34.5 Å². The number of imidazole rings is 1. The minimum atomic E-state index is -1.26. The number of carboxylic acid groups (broad SMARTS) is 1. The summed E-state index contributed by atoms with van der Waals surface area (Å²) >= 11 is 0. The first-order chi connectivity index (χ1) is 29.0. The molecule has 0 saturated heterocycles. The number of likely N-dealkylation sites (N-methyl/N-ethyl adjacent to an activating group) is 1. The first-order valence-electron chi connectivity index (χ1n) is 20.7. The number of carbonyl (C=O) groups is 3. The monoisotopic (exact) mass is 833 g/mol. The first kappa shape index (κ1) is 45.8. The van der Waals surface area contributed by atoms with Gasteiger partial charge >= 0.3 is 11.8 Å². The number of carbonyl (C=O) groups excluding carboxylic acids is 2. The van der Waals surface area contributed by atoms with Gasteiger partial charge in [-0.3, -0.25) is 33.6 Å².